The lowest BCUT2D eigenvalue weighted by molar-refractivity contribution is -0.275. The summed E-state index contributed by atoms with van der Waals surface area (Å²) in [7, 11) is 1.47. The van der Waals surface area contributed by atoms with Crippen LogP contribution in [0.3, 0.4) is 0 Å². The van der Waals surface area contributed by atoms with Crippen molar-refractivity contribution in [3.8, 4) is 5.75 Å². The molecule has 0 saturated carbocycles. The zero-order valence-electron chi connectivity index (χ0n) is 11.0. The van der Waals surface area contributed by atoms with E-state index in [1.165, 1.54) is 37.1 Å². The van der Waals surface area contributed by atoms with Crippen LogP contribution < -0.4 is 10.5 Å². The summed E-state index contributed by atoms with van der Waals surface area (Å²) in [6.45, 7) is 1.50. The second kappa shape index (κ2) is 7.35. The van der Waals surface area contributed by atoms with Gasteiger partial charge in [0.25, 0.3) is 0 Å². The van der Waals surface area contributed by atoms with Crippen molar-refractivity contribution < 1.29 is 22.7 Å². The predicted molar refractivity (Wildman–Crippen MR) is 70.5 cm³/mol. The summed E-state index contributed by atoms with van der Waals surface area (Å²) in [5.74, 6) is -0.680. The predicted octanol–water partition coefficient (Wildman–Crippen LogP) is 2.31. The van der Waals surface area contributed by atoms with Crippen molar-refractivity contribution in [3.05, 3.63) is 29.8 Å². The van der Waals surface area contributed by atoms with E-state index in [1.54, 1.807) is 6.07 Å². The van der Waals surface area contributed by atoms with Crippen LogP contribution in [0.1, 0.15) is 12.5 Å². The lowest BCUT2D eigenvalue weighted by atomic mass is 10.2. The normalized spacial score (nSPS) is 12.3. The quantitative estimate of drug-likeness (QED) is 0.928. The molecular weight excluding hydrogens is 297 g/mol. The fourth-order valence-corrected chi connectivity index (χ4v) is 1.54. The van der Waals surface area contributed by atoms with E-state index in [0.29, 0.717) is 0 Å². The van der Waals surface area contributed by atoms with Gasteiger partial charge in [0.1, 0.15) is 5.75 Å². The highest BCUT2D eigenvalue weighted by molar-refractivity contribution is 5.85. The van der Waals surface area contributed by atoms with Gasteiger partial charge >= 0.3 is 6.36 Å². The topological polar surface area (TPSA) is 55.6 Å². The Morgan fingerprint density at radius 2 is 1.95 bits per heavy atom. The number of hydrogen-bond donors (Lipinski definition) is 1. The summed E-state index contributed by atoms with van der Waals surface area (Å²) in [6, 6.07) is 4.96. The van der Waals surface area contributed by atoms with Gasteiger partial charge in [-0.25, -0.2) is 0 Å². The molecule has 20 heavy (non-hydrogen) atoms. The number of nitrogens with two attached hydrogens (primary N) is 1. The van der Waals surface area contributed by atoms with E-state index in [9.17, 15) is 18.0 Å². The first-order valence-corrected chi connectivity index (χ1v) is 5.55. The van der Waals surface area contributed by atoms with E-state index in [1.807, 2.05) is 0 Å². The molecule has 1 aromatic carbocycles. The van der Waals surface area contributed by atoms with Crippen molar-refractivity contribution >= 4 is 18.3 Å². The van der Waals surface area contributed by atoms with Gasteiger partial charge in [-0.3, -0.25) is 4.79 Å². The summed E-state index contributed by atoms with van der Waals surface area (Å²) in [4.78, 5) is 12.8. The average molecular weight is 313 g/mol. The first-order chi connectivity index (χ1) is 8.70. The van der Waals surface area contributed by atoms with Crippen molar-refractivity contribution in [3.63, 3.8) is 0 Å². The van der Waals surface area contributed by atoms with Crippen molar-refractivity contribution in [1.29, 1.82) is 0 Å². The molecule has 4 nitrogen and oxygen atoms in total. The molecule has 1 unspecified atom stereocenters. The molecule has 8 heteroatoms. The van der Waals surface area contributed by atoms with Crippen molar-refractivity contribution in [2.24, 2.45) is 5.73 Å². The molecule has 0 fully saturated rings. The minimum absolute atomic E-state index is 0. The maximum atomic E-state index is 12.2. The largest absolute Gasteiger partial charge is 0.573 e. The summed E-state index contributed by atoms with van der Waals surface area (Å²) in [5, 5.41) is 0. The molecule has 0 bridgehead atoms. The van der Waals surface area contributed by atoms with Crippen LogP contribution in [0.4, 0.5) is 13.2 Å². The molecule has 2 N–H and O–H groups in total. The van der Waals surface area contributed by atoms with Gasteiger partial charge in [0.2, 0.25) is 5.91 Å². The van der Waals surface area contributed by atoms with Crippen LogP contribution in [0.25, 0.3) is 0 Å². The van der Waals surface area contributed by atoms with Crippen LogP contribution in [0.5, 0.6) is 5.75 Å². The maximum absolute atomic E-state index is 12.2. The Hall–Kier alpha value is -1.47. The third-order valence-corrected chi connectivity index (χ3v) is 2.37. The number of nitrogens with zero attached hydrogens (tertiary/aromatic N) is 1. The molecule has 1 amide bonds. The zero-order chi connectivity index (χ0) is 14.6. The van der Waals surface area contributed by atoms with Crippen LogP contribution >= 0.6 is 12.4 Å². The third kappa shape index (κ3) is 5.66. The molecule has 0 spiro atoms. The molecule has 0 aliphatic carbocycles. The second-order valence-electron chi connectivity index (χ2n) is 4.14. The highest BCUT2D eigenvalue weighted by atomic mass is 35.5. The number of benzene rings is 1. The fraction of sp³-hybridized carbons (Fsp3) is 0.417. The fourth-order valence-electron chi connectivity index (χ4n) is 1.54. The molecule has 0 heterocycles. The molecule has 1 aromatic rings. The Bertz CT molecular complexity index is 453. The van der Waals surface area contributed by atoms with Gasteiger partial charge in [-0.2, -0.15) is 0 Å². The van der Waals surface area contributed by atoms with Gasteiger partial charge in [-0.15, -0.1) is 25.6 Å². The van der Waals surface area contributed by atoms with E-state index in [-0.39, 0.29) is 36.2 Å². The first-order valence-electron chi connectivity index (χ1n) is 5.55. The monoisotopic (exact) mass is 312 g/mol. The van der Waals surface area contributed by atoms with Gasteiger partial charge in [-0.1, -0.05) is 18.2 Å². The second-order valence-corrected chi connectivity index (χ2v) is 4.14. The number of rotatable bonds is 4. The number of carbonyl (C=O) groups is 1. The van der Waals surface area contributed by atoms with Crippen LogP contribution in [-0.2, 0) is 11.3 Å². The molecule has 0 aromatic heterocycles. The van der Waals surface area contributed by atoms with Crippen LogP contribution in [-0.4, -0.2) is 30.3 Å². The van der Waals surface area contributed by atoms with Gasteiger partial charge in [0.05, 0.1) is 6.04 Å². The highest BCUT2D eigenvalue weighted by Gasteiger charge is 2.32. The smallest absolute Gasteiger partial charge is 0.405 e. The lowest BCUT2D eigenvalue weighted by Crippen LogP contribution is -2.39. The van der Waals surface area contributed by atoms with Crippen molar-refractivity contribution in [1.82, 2.24) is 4.90 Å². The number of amides is 1. The molecule has 114 valence electrons. The minimum Gasteiger partial charge on any atom is -0.405 e. The molecule has 1 rings (SSSR count). The summed E-state index contributed by atoms with van der Waals surface area (Å²) in [5.41, 5.74) is 5.69. The average Bonchev–Trinajstić information content (AvgIpc) is 2.28. The minimum atomic E-state index is -4.76. The maximum Gasteiger partial charge on any atom is 0.573 e. The number of carbonyl (C=O) groups excluding carboxylic acids is 1. The lowest BCUT2D eigenvalue weighted by Gasteiger charge is -2.21. The summed E-state index contributed by atoms with van der Waals surface area (Å²) >= 11 is 0. The van der Waals surface area contributed by atoms with E-state index >= 15 is 0 Å². The summed E-state index contributed by atoms with van der Waals surface area (Å²) < 4.78 is 40.6. The Morgan fingerprint density at radius 1 is 1.40 bits per heavy atom. The number of hydrogen-bond acceptors (Lipinski definition) is 3. The molecule has 0 radical (unpaired) electrons. The van der Waals surface area contributed by atoms with Gasteiger partial charge in [-0.05, 0) is 13.0 Å². The van der Waals surface area contributed by atoms with Gasteiger partial charge < -0.3 is 15.4 Å². The van der Waals surface area contributed by atoms with Crippen molar-refractivity contribution in [2.75, 3.05) is 7.05 Å². The molecule has 0 aliphatic rings. The van der Waals surface area contributed by atoms with E-state index in [0.717, 1.165) is 0 Å². The number of likely N-dealkylation sites (N-methyl/N-ethyl adjacent to an activating group) is 1. The van der Waals surface area contributed by atoms with Crippen LogP contribution in [0.15, 0.2) is 24.3 Å². The Kier molecular flexibility index (Phi) is 6.81. The van der Waals surface area contributed by atoms with E-state index in [4.69, 9.17) is 5.73 Å². The van der Waals surface area contributed by atoms with Gasteiger partial charge in [0, 0.05) is 19.2 Å². The Morgan fingerprint density at radius 3 is 2.45 bits per heavy atom. The molecule has 1 atom stereocenters. The van der Waals surface area contributed by atoms with Crippen LogP contribution in [0, 0.1) is 0 Å². The highest BCUT2D eigenvalue weighted by Crippen LogP contribution is 2.26. The van der Waals surface area contributed by atoms with E-state index in [2.05, 4.69) is 4.74 Å². The van der Waals surface area contributed by atoms with Crippen LogP contribution in [0.2, 0.25) is 0 Å². The SMILES string of the molecule is CC(N)C(=O)N(C)Cc1ccccc1OC(F)(F)F.Cl. The number of alkyl halides is 3. The first kappa shape index (κ1) is 18.5. The third-order valence-electron chi connectivity index (χ3n) is 2.37. The standard InChI is InChI=1S/C12H15F3N2O2.ClH/c1-8(16)11(18)17(2)7-9-5-3-4-6-10(9)19-12(13,14)15;/h3-6,8H,7,16H2,1-2H3;1H. The zero-order valence-corrected chi connectivity index (χ0v) is 11.8. The molecule has 0 aliphatic heterocycles. The Balaban J connectivity index is 0.00000361. The molecular formula is C12H16ClF3N2O2. The van der Waals surface area contributed by atoms with Crippen molar-refractivity contribution in [2.45, 2.75) is 25.9 Å². The summed E-state index contributed by atoms with van der Waals surface area (Å²) in [6.07, 6.45) is -4.76. The number of halogens is 4. The number of ether oxygens (including phenoxy) is 1. The van der Waals surface area contributed by atoms with Gasteiger partial charge in [0.15, 0.2) is 0 Å². The van der Waals surface area contributed by atoms with E-state index < -0.39 is 12.4 Å². The Labute approximate surface area is 121 Å². The number of para-hydroxylation sites is 1. The molecule has 0 saturated heterocycles.